The van der Waals surface area contributed by atoms with Crippen molar-refractivity contribution in [3.05, 3.63) is 11.6 Å². The van der Waals surface area contributed by atoms with Crippen LogP contribution in [0.3, 0.4) is 0 Å². The summed E-state index contributed by atoms with van der Waals surface area (Å²) in [4.78, 5) is 0. The van der Waals surface area contributed by atoms with Gasteiger partial charge in [-0.15, -0.1) is 0 Å². The van der Waals surface area contributed by atoms with Gasteiger partial charge in [-0.05, 0) is 19.8 Å². The van der Waals surface area contributed by atoms with Crippen LogP contribution in [0.15, 0.2) is 11.6 Å². The largest absolute Gasteiger partial charge is 0.395 e. The first kappa shape index (κ1) is 6.81. The molecule has 1 atom stereocenters. The number of hydrogen-bond acceptors (Lipinski definition) is 1. The lowest BCUT2D eigenvalue weighted by Crippen LogP contribution is -2.18. The average Bonchev–Trinajstić information content (AvgIpc) is 2.15. The van der Waals surface area contributed by atoms with Gasteiger partial charge in [0.15, 0.2) is 0 Å². The van der Waals surface area contributed by atoms with Gasteiger partial charge in [0.25, 0.3) is 0 Å². The molecule has 0 aromatic heterocycles. The Morgan fingerprint density at radius 2 is 2.44 bits per heavy atom. The predicted octanol–water partition coefficient (Wildman–Crippen LogP) is 1.73. The molecule has 1 N–H and O–H groups in total. The summed E-state index contributed by atoms with van der Waals surface area (Å²) in [6.45, 7) is 4.52. The molecule has 0 bridgehead atoms. The molecule has 1 rings (SSSR count). The van der Waals surface area contributed by atoms with Crippen LogP contribution in [0.25, 0.3) is 0 Å². The zero-order valence-electron chi connectivity index (χ0n) is 6.15. The molecule has 1 nitrogen and oxygen atoms in total. The Morgan fingerprint density at radius 3 is 2.67 bits per heavy atom. The highest BCUT2D eigenvalue weighted by Gasteiger charge is 2.28. The lowest BCUT2D eigenvalue weighted by Gasteiger charge is -2.22. The molecule has 0 saturated carbocycles. The number of rotatable bonds is 1. The monoisotopic (exact) mass is 126 g/mol. The van der Waals surface area contributed by atoms with Gasteiger partial charge < -0.3 is 5.11 Å². The first-order chi connectivity index (χ1) is 4.19. The van der Waals surface area contributed by atoms with Gasteiger partial charge in [-0.25, -0.2) is 0 Å². The number of aliphatic hydroxyl groups excluding tert-OH is 1. The van der Waals surface area contributed by atoms with Crippen molar-refractivity contribution in [2.75, 3.05) is 6.61 Å². The van der Waals surface area contributed by atoms with E-state index in [1.807, 2.05) is 0 Å². The van der Waals surface area contributed by atoms with E-state index in [1.54, 1.807) is 0 Å². The molecule has 1 aliphatic rings. The highest BCUT2D eigenvalue weighted by Crippen LogP contribution is 2.37. The quantitative estimate of drug-likeness (QED) is 0.530. The van der Waals surface area contributed by atoms with Crippen LogP contribution in [0.4, 0.5) is 0 Å². The van der Waals surface area contributed by atoms with E-state index in [-0.39, 0.29) is 5.41 Å². The van der Waals surface area contributed by atoms with Gasteiger partial charge in [0.2, 0.25) is 0 Å². The molecule has 1 heteroatoms. The van der Waals surface area contributed by atoms with Gasteiger partial charge in [0, 0.05) is 5.41 Å². The fourth-order valence-electron chi connectivity index (χ4n) is 1.25. The van der Waals surface area contributed by atoms with Gasteiger partial charge >= 0.3 is 0 Å². The molecule has 9 heavy (non-hydrogen) atoms. The van der Waals surface area contributed by atoms with E-state index in [0.29, 0.717) is 6.61 Å². The van der Waals surface area contributed by atoms with Crippen LogP contribution in [0.5, 0.6) is 0 Å². The Morgan fingerprint density at radius 1 is 1.78 bits per heavy atom. The first-order valence-electron chi connectivity index (χ1n) is 3.47. The van der Waals surface area contributed by atoms with E-state index in [0.717, 1.165) is 12.8 Å². The van der Waals surface area contributed by atoms with Crippen LogP contribution in [-0.4, -0.2) is 11.7 Å². The van der Waals surface area contributed by atoms with Crippen molar-refractivity contribution < 1.29 is 5.11 Å². The lowest BCUT2D eigenvalue weighted by molar-refractivity contribution is 0.174. The molecule has 0 fully saturated rings. The topological polar surface area (TPSA) is 20.2 Å². The fraction of sp³-hybridized carbons (Fsp3) is 0.750. The zero-order valence-corrected chi connectivity index (χ0v) is 6.15. The Balaban J connectivity index is 2.70. The fourth-order valence-corrected chi connectivity index (χ4v) is 1.25. The van der Waals surface area contributed by atoms with E-state index < -0.39 is 0 Å². The summed E-state index contributed by atoms with van der Waals surface area (Å²) in [7, 11) is 0. The van der Waals surface area contributed by atoms with Crippen molar-refractivity contribution in [3.8, 4) is 0 Å². The highest BCUT2D eigenvalue weighted by atomic mass is 16.3. The molecular weight excluding hydrogens is 112 g/mol. The van der Waals surface area contributed by atoms with Gasteiger partial charge in [0.1, 0.15) is 0 Å². The Bertz CT molecular complexity index is 138. The van der Waals surface area contributed by atoms with Crippen LogP contribution < -0.4 is 0 Å². The molecule has 52 valence electrons. The second-order valence-corrected chi connectivity index (χ2v) is 3.14. The minimum Gasteiger partial charge on any atom is -0.395 e. The summed E-state index contributed by atoms with van der Waals surface area (Å²) in [6.07, 6.45) is 4.48. The van der Waals surface area contributed by atoms with E-state index >= 15 is 0 Å². The van der Waals surface area contributed by atoms with Crippen molar-refractivity contribution in [2.45, 2.75) is 26.7 Å². The van der Waals surface area contributed by atoms with Crippen molar-refractivity contribution in [1.29, 1.82) is 0 Å². The molecule has 0 aliphatic heterocycles. The third-order valence-electron chi connectivity index (χ3n) is 2.45. The normalized spacial score (nSPS) is 34.8. The van der Waals surface area contributed by atoms with E-state index in [1.165, 1.54) is 5.57 Å². The van der Waals surface area contributed by atoms with E-state index in [9.17, 15) is 0 Å². The van der Waals surface area contributed by atoms with Gasteiger partial charge in [-0.3, -0.25) is 0 Å². The van der Waals surface area contributed by atoms with E-state index in [2.05, 4.69) is 19.9 Å². The number of allylic oxidation sites excluding steroid dienone is 1. The molecule has 0 aromatic rings. The maximum absolute atomic E-state index is 8.95. The van der Waals surface area contributed by atoms with Gasteiger partial charge in [-0.1, -0.05) is 18.6 Å². The van der Waals surface area contributed by atoms with E-state index in [4.69, 9.17) is 5.11 Å². The molecule has 0 radical (unpaired) electrons. The smallest absolute Gasteiger partial charge is 0.0522 e. The second-order valence-electron chi connectivity index (χ2n) is 3.14. The molecule has 0 saturated heterocycles. The maximum Gasteiger partial charge on any atom is 0.0522 e. The summed E-state index contributed by atoms with van der Waals surface area (Å²) in [6, 6.07) is 0. The molecule has 0 heterocycles. The first-order valence-corrected chi connectivity index (χ1v) is 3.47. The average molecular weight is 126 g/mol. The minimum atomic E-state index is 0.111. The lowest BCUT2D eigenvalue weighted by atomic mass is 9.85. The molecule has 0 unspecified atom stereocenters. The van der Waals surface area contributed by atoms with Crippen LogP contribution in [0.2, 0.25) is 0 Å². The number of aliphatic hydroxyl groups is 1. The van der Waals surface area contributed by atoms with Crippen molar-refractivity contribution in [2.24, 2.45) is 5.41 Å². The Kier molecular flexibility index (Phi) is 1.62. The molecule has 0 spiro atoms. The third kappa shape index (κ3) is 1.01. The maximum atomic E-state index is 8.95. The standard InChI is InChI=1S/C8H14O/c1-7-4-3-5-8(7,2)6-9/h4,9H,3,5-6H2,1-2H3/t8-/m1/s1. The van der Waals surface area contributed by atoms with Crippen LogP contribution in [-0.2, 0) is 0 Å². The van der Waals surface area contributed by atoms with Gasteiger partial charge in [0.05, 0.1) is 6.61 Å². The van der Waals surface area contributed by atoms with Gasteiger partial charge in [-0.2, -0.15) is 0 Å². The van der Waals surface area contributed by atoms with Crippen molar-refractivity contribution in [1.82, 2.24) is 0 Å². The Labute approximate surface area is 56.4 Å². The molecule has 0 amide bonds. The highest BCUT2D eigenvalue weighted by molar-refractivity contribution is 5.16. The molecule has 0 aromatic carbocycles. The van der Waals surface area contributed by atoms with Crippen LogP contribution in [0.1, 0.15) is 26.7 Å². The summed E-state index contributed by atoms with van der Waals surface area (Å²) < 4.78 is 0. The second kappa shape index (κ2) is 2.14. The number of hydrogen-bond donors (Lipinski definition) is 1. The third-order valence-corrected chi connectivity index (χ3v) is 2.45. The SMILES string of the molecule is CC1=CCC[C@]1(C)CO. The summed E-state index contributed by atoms with van der Waals surface area (Å²) in [5.74, 6) is 0. The zero-order chi connectivity index (χ0) is 6.91. The Hall–Kier alpha value is -0.300. The van der Waals surface area contributed by atoms with Crippen molar-refractivity contribution in [3.63, 3.8) is 0 Å². The summed E-state index contributed by atoms with van der Waals surface area (Å²) >= 11 is 0. The minimum absolute atomic E-state index is 0.111. The summed E-state index contributed by atoms with van der Waals surface area (Å²) in [5, 5.41) is 8.95. The van der Waals surface area contributed by atoms with Crippen molar-refractivity contribution >= 4 is 0 Å². The summed E-state index contributed by atoms with van der Waals surface area (Å²) in [5.41, 5.74) is 1.46. The molecule has 1 aliphatic carbocycles. The molecular formula is C8H14O. The van der Waals surface area contributed by atoms with Crippen LogP contribution in [0, 0.1) is 5.41 Å². The predicted molar refractivity (Wildman–Crippen MR) is 38.2 cm³/mol. The van der Waals surface area contributed by atoms with Crippen LogP contribution >= 0.6 is 0 Å².